The molecule has 3 aromatic rings. The van der Waals surface area contributed by atoms with Gasteiger partial charge >= 0.3 is 0 Å². The van der Waals surface area contributed by atoms with Crippen LogP contribution in [-0.4, -0.2) is 117 Å². The molecule has 2 fully saturated rings. The Hall–Kier alpha value is -5.41. The Kier molecular flexibility index (Phi) is 14.7. The standard InChI is InChI=1S/C45H59N9O6/c55-34(28-52-22-18-31-11-7-8-12-32(31)27-52)26-47-43(58)38-25-40(49-30-48-38)50-33-19-23-53(24-20-33)42(57)15-6-4-2-1-3-5-9-21-46-37-14-10-13-35-36(37)29-54(45(35)60)39-16-17-41(56)51-44(39)59/h7-8,10-14,25,30,33-34,39,46,55H,1-6,9,15-24,26-29H2,(H,47,58)(H,48,49,50)(H,51,56,59)/t34-,39?/m0/s1. The summed E-state index contributed by atoms with van der Waals surface area (Å²) in [5.41, 5.74) is 5.33. The zero-order chi connectivity index (χ0) is 41.8. The van der Waals surface area contributed by atoms with E-state index in [2.05, 4.69) is 54.3 Å². The number of rotatable bonds is 19. The van der Waals surface area contributed by atoms with E-state index < -0.39 is 18.1 Å². The number of unbranched alkanes of at least 4 members (excludes halogenated alkanes) is 6. The van der Waals surface area contributed by atoms with E-state index in [9.17, 15) is 29.1 Å². The van der Waals surface area contributed by atoms with Gasteiger partial charge in [-0.05, 0) is 61.8 Å². The van der Waals surface area contributed by atoms with Gasteiger partial charge in [-0.1, -0.05) is 62.4 Å². The van der Waals surface area contributed by atoms with Gasteiger partial charge in [0, 0.05) is 94.1 Å². The highest BCUT2D eigenvalue weighted by atomic mass is 16.3. The minimum atomic E-state index is -0.693. The summed E-state index contributed by atoms with van der Waals surface area (Å²) < 4.78 is 0. The maximum Gasteiger partial charge on any atom is 0.270 e. The third kappa shape index (κ3) is 11.2. The number of benzene rings is 2. The second-order valence-electron chi connectivity index (χ2n) is 16.6. The van der Waals surface area contributed by atoms with Gasteiger partial charge in [-0.3, -0.25) is 34.2 Å². The lowest BCUT2D eigenvalue weighted by atomic mass is 10.00. The lowest BCUT2D eigenvalue weighted by Crippen LogP contribution is -2.52. The molecule has 2 aromatic carbocycles. The molecule has 5 amide bonds. The first-order valence-corrected chi connectivity index (χ1v) is 21.8. The summed E-state index contributed by atoms with van der Waals surface area (Å²) in [6.45, 7) is 4.81. The summed E-state index contributed by atoms with van der Waals surface area (Å²) in [7, 11) is 0. The smallest absolute Gasteiger partial charge is 0.270 e. The van der Waals surface area contributed by atoms with Gasteiger partial charge in [0.25, 0.3) is 11.8 Å². The van der Waals surface area contributed by atoms with E-state index in [0.717, 1.165) is 95.1 Å². The average Bonchev–Trinajstić information content (AvgIpc) is 3.59. The van der Waals surface area contributed by atoms with Crippen molar-refractivity contribution in [2.75, 3.05) is 49.9 Å². The maximum absolute atomic E-state index is 13.1. The molecule has 1 unspecified atom stereocenters. The molecule has 60 heavy (non-hydrogen) atoms. The molecule has 0 bridgehead atoms. The van der Waals surface area contributed by atoms with Gasteiger partial charge in [0.1, 0.15) is 23.9 Å². The zero-order valence-electron chi connectivity index (χ0n) is 34.5. The lowest BCUT2D eigenvalue weighted by molar-refractivity contribution is -0.137. The topological polar surface area (TPSA) is 189 Å². The van der Waals surface area contributed by atoms with Crippen molar-refractivity contribution in [1.29, 1.82) is 0 Å². The Balaban J connectivity index is 0.714. The Morgan fingerprint density at radius 1 is 0.850 bits per heavy atom. The maximum atomic E-state index is 13.1. The number of aliphatic hydroxyl groups excluding tert-OH is 1. The molecule has 5 N–H and O–H groups in total. The van der Waals surface area contributed by atoms with Gasteiger partial charge in [0.2, 0.25) is 17.7 Å². The van der Waals surface area contributed by atoms with Crippen LogP contribution in [0.15, 0.2) is 54.9 Å². The highest BCUT2D eigenvalue weighted by molar-refractivity contribution is 6.06. The molecule has 4 aliphatic heterocycles. The number of aromatic nitrogens is 2. The van der Waals surface area contributed by atoms with Crippen LogP contribution in [0.25, 0.3) is 0 Å². The molecule has 2 atom stereocenters. The minimum Gasteiger partial charge on any atom is -0.390 e. The number of nitrogens with zero attached hydrogens (tertiary/aromatic N) is 5. The van der Waals surface area contributed by atoms with Crippen molar-refractivity contribution in [3.05, 3.63) is 82.8 Å². The van der Waals surface area contributed by atoms with Gasteiger partial charge < -0.3 is 30.9 Å². The van der Waals surface area contributed by atoms with Gasteiger partial charge in [-0.15, -0.1) is 0 Å². The Morgan fingerprint density at radius 3 is 2.42 bits per heavy atom. The van der Waals surface area contributed by atoms with Gasteiger partial charge in [-0.2, -0.15) is 0 Å². The first-order chi connectivity index (χ1) is 29.2. The van der Waals surface area contributed by atoms with Crippen LogP contribution in [0.5, 0.6) is 0 Å². The largest absolute Gasteiger partial charge is 0.390 e. The zero-order valence-corrected chi connectivity index (χ0v) is 34.5. The molecule has 0 spiro atoms. The van der Waals surface area contributed by atoms with Crippen molar-refractivity contribution in [3.63, 3.8) is 0 Å². The highest BCUT2D eigenvalue weighted by Crippen LogP contribution is 2.32. The van der Waals surface area contributed by atoms with Crippen LogP contribution in [0, 0.1) is 0 Å². The Morgan fingerprint density at radius 2 is 1.62 bits per heavy atom. The Labute approximate surface area is 352 Å². The van der Waals surface area contributed by atoms with Crippen LogP contribution < -0.4 is 21.3 Å². The predicted molar refractivity (Wildman–Crippen MR) is 227 cm³/mol. The molecule has 0 radical (unpaired) electrons. The third-order valence-electron chi connectivity index (χ3n) is 12.2. The van der Waals surface area contributed by atoms with Crippen molar-refractivity contribution in [1.82, 2.24) is 35.3 Å². The number of amides is 5. The predicted octanol–water partition coefficient (Wildman–Crippen LogP) is 4.02. The van der Waals surface area contributed by atoms with Crippen LogP contribution in [0.3, 0.4) is 0 Å². The van der Waals surface area contributed by atoms with Gasteiger partial charge in [-0.25, -0.2) is 9.97 Å². The molecule has 0 aliphatic carbocycles. The molecular formula is C45H59N9O6. The van der Waals surface area contributed by atoms with E-state index in [1.165, 1.54) is 17.5 Å². The van der Waals surface area contributed by atoms with Gasteiger partial charge in [0.05, 0.1) is 6.10 Å². The number of hydrogen-bond acceptors (Lipinski definition) is 11. The van der Waals surface area contributed by atoms with Crippen LogP contribution in [0.4, 0.5) is 11.5 Å². The van der Waals surface area contributed by atoms with Crippen molar-refractivity contribution in [3.8, 4) is 0 Å². The molecule has 1 aromatic heterocycles. The molecular weight excluding hydrogens is 763 g/mol. The molecule has 15 heteroatoms. The molecule has 7 rings (SSSR count). The summed E-state index contributed by atoms with van der Waals surface area (Å²) in [5, 5.41) is 22.7. The van der Waals surface area contributed by atoms with E-state index in [-0.39, 0.29) is 48.3 Å². The number of likely N-dealkylation sites (tertiary alicyclic amines) is 1. The molecule has 2 saturated heterocycles. The van der Waals surface area contributed by atoms with Crippen molar-refractivity contribution < 1.29 is 29.1 Å². The fourth-order valence-corrected chi connectivity index (χ4v) is 8.83. The van der Waals surface area contributed by atoms with Crippen LogP contribution in [0.1, 0.15) is 115 Å². The monoisotopic (exact) mass is 821 g/mol. The number of nitrogens with one attached hydrogen (secondary N) is 4. The van der Waals surface area contributed by atoms with Crippen LogP contribution >= 0.6 is 0 Å². The third-order valence-corrected chi connectivity index (χ3v) is 12.2. The van der Waals surface area contributed by atoms with Crippen LogP contribution in [0.2, 0.25) is 0 Å². The van der Waals surface area contributed by atoms with Gasteiger partial charge in [0.15, 0.2) is 0 Å². The highest BCUT2D eigenvalue weighted by Gasteiger charge is 2.40. The normalized spacial score (nSPS) is 18.8. The summed E-state index contributed by atoms with van der Waals surface area (Å²) >= 11 is 0. The fraction of sp³-hybridized carbons (Fsp3) is 0.533. The van der Waals surface area contributed by atoms with Crippen molar-refractivity contribution in [2.24, 2.45) is 0 Å². The van der Waals surface area contributed by atoms with E-state index in [1.807, 2.05) is 23.1 Å². The first-order valence-electron chi connectivity index (χ1n) is 21.8. The Bertz CT molecular complexity index is 2000. The molecule has 5 heterocycles. The lowest BCUT2D eigenvalue weighted by Gasteiger charge is -2.32. The number of hydrogen-bond donors (Lipinski definition) is 5. The second kappa shape index (κ2) is 20.7. The number of carbonyl (C=O) groups excluding carboxylic acids is 5. The summed E-state index contributed by atoms with van der Waals surface area (Å²) in [6, 6.07) is 15.2. The SMILES string of the molecule is O=C1CCC(N2Cc3c(NCCCCCCCCCC(=O)N4CCC(Nc5cc(C(=O)NC[C@H](O)CN6CCc7ccccc7C6)ncn5)CC4)cccc3C2=O)C(=O)N1. The van der Waals surface area contributed by atoms with E-state index in [4.69, 9.17) is 0 Å². The fourth-order valence-electron chi connectivity index (χ4n) is 8.83. The number of β-amino-alcohol motifs (C(OH)–C–C–N with tert-alkyl or cyclic N) is 1. The number of fused-ring (bicyclic) bond motifs is 2. The number of piperidine rings is 2. The number of imide groups is 1. The summed E-state index contributed by atoms with van der Waals surface area (Å²) in [4.78, 5) is 77.1. The van der Waals surface area contributed by atoms with E-state index >= 15 is 0 Å². The number of aliphatic hydroxyl groups is 1. The summed E-state index contributed by atoms with van der Waals surface area (Å²) in [6.07, 6.45) is 11.8. The molecule has 4 aliphatic rings. The van der Waals surface area contributed by atoms with E-state index in [0.29, 0.717) is 50.4 Å². The summed E-state index contributed by atoms with van der Waals surface area (Å²) in [5.74, 6) is -0.425. The first kappa shape index (κ1) is 42.7. The molecule has 320 valence electrons. The number of carbonyl (C=O) groups is 5. The van der Waals surface area contributed by atoms with Crippen molar-refractivity contribution >= 4 is 41.0 Å². The molecule has 15 nitrogen and oxygen atoms in total. The van der Waals surface area contributed by atoms with Crippen LogP contribution in [-0.2, 0) is 33.9 Å². The quantitative estimate of drug-likeness (QED) is 0.0868. The molecule has 0 saturated carbocycles. The number of anilines is 2. The van der Waals surface area contributed by atoms with E-state index in [1.54, 1.807) is 17.0 Å². The van der Waals surface area contributed by atoms with Crippen molar-refractivity contribution in [2.45, 2.75) is 115 Å². The average molecular weight is 822 g/mol. The second-order valence-corrected chi connectivity index (χ2v) is 16.6. The minimum absolute atomic E-state index is 0.135.